The molecule has 0 aromatic heterocycles. The van der Waals surface area contributed by atoms with Gasteiger partial charge in [-0.1, -0.05) is 23.7 Å². The van der Waals surface area contributed by atoms with Crippen LogP contribution < -0.4 is 10.6 Å². The molecule has 156 valence electrons. The summed E-state index contributed by atoms with van der Waals surface area (Å²) in [5.41, 5.74) is 4.49. The van der Waals surface area contributed by atoms with E-state index in [0.717, 1.165) is 22.4 Å². The van der Waals surface area contributed by atoms with Gasteiger partial charge in [-0.25, -0.2) is 0 Å². The van der Waals surface area contributed by atoms with Crippen molar-refractivity contribution >= 4 is 34.8 Å². The first-order chi connectivity index (χ1) is 13.8. The Balaban J connectivity index is 1.99. The third kappa shape index (κ3) is 7.16. The molecule has 0 fully saturated rings. The van der Waals surface area contributed by atoms with Crippen molar-refractivity contribution in [3.05, 3.63) is 58.1 Å². The van der Waals surface area contributed by atoms with Gasteiger partial charge >= 0.3 is 0 Å². The first-order valence-corrected chi connectivity index (χ1v) is 9.81. The van der Waals surface area contributed by atoms with Gasteiger partial charge in [0.05, 0.1) is 19.7 Å². The van der Waals surface area contributed by atoms with Crippen LogP contribution in [0.25, 0.3) is 0 Å². The van der Waals surface area contributed by atoms with Crippen molar-refractivity contribution < 1.29 is 14.3 Å². The summed E-state index contributed by atoms with van der Waals surface area (Å²) in [6.07, 6.45) is 0. The van der Waals surface area contributed by atoms with Gasteiger partial charge in [0.15, 0.2) is 0 Å². The van der Waals surface area contributed by atoms with E-state index in [1.807, 2.05) is 39.0 Å². The van der Waals surface area contributed by atoms with E-state index < -0.39 is 0 Å². The van der Waals surface area contributed by atoms with E-state index in [1.54, 1.807) is 30.2 Å². The lowest BCUT2D eigenvalue weighted by Crippen LogP contribution is -2.40. The van der Waals surface area contributed by atoms with Crippen molar-refractivity contribution in [2.24, 2.45) is 0 Å². The number of aryl methyl sites for hydroxylation is 2. The van der Waals surface area contributed by atoms with Gasteiger partial charge in [0, 0.05) is 30.1 Å². The van der Waals surface area contributed by atoms with E-state index in [9.17, 15) is 9.59 Å². The molecule has 0 aliphatic carbocycles. The average molecular weight is 418 g/mol. The minimum Gasteiger partial charge on any atom is -0.383 e. The second-order valence-corrected chi connectivity index (χ2v) is 7.44. The maximum Gasteiger partial charge on any atom is 0.238 e. The summed E-state index contributed by atoms with van der Waals surface area (Å²) in [5, 5.41) is 6.42. The van der Waals surface area contributed by atoms with Crippen LogP contribution in [-0.2, 0) is 14.3 Å². The molecule has 0 unspecified atom stereocenters. The Bertz CT molecular complexity index is 870. The zero-order valence-corrected chi connectivity index (χ0v) is 18.1. The lowest BCUT2D eigenvalue weighted by Gasteiger charge is -2.21. The average Bonchev–Trinajstić information content (AvgIpc) is 2.65. The molecule has 0 aliphatic rings. The van der Waals surface area contributed by atoms with Gasteiger partial charge in [-0.2, -0.15) is 0 Å². The van der Waals surface area contributed by atoms with Crippen molar-refractivity contribution in [3.63, 3.8) is 0 Å². The van der Waals surface area contributed by atoms with Crippen LogP contribution in [0, 0.1) is 20.8 Å². The highest BCUT2D eigenvalue weighted by Crippen LogP contribution is 2.20. The van der Waals surface area contributed by atoms with E-state index >= 15 is 0 Å². The molecule has 0 spiro atoms. The Labute approximate surface area is 177 Å². The molecule has 7 heteroatoms. The zero-order chi connectivity index (χ0) is 21.4. The Morgan fingerprint density at radius 2 is 1.62 bits per heavy atom. The third-order valence-electron chi connectivity index (χ3n) is 4.69. The summed E-state index contributed by atoms with van der Waals surface area (Å²) in [4.78, 5) is 26.8. The largest absolute Gasteiger partial charge is 0.383 e. The van der Waals surface area contributed by atoms with Crippen molar-refractivity contribution in [2.45, 2.75) is 20.8 Å². The summed E-state index contributed by atoms with van der Waals surface area (Å²) in [6, 6.07) is 11.1. The molecule has 0 bridgehead atoms. The van der Waals surface area contributed by atoms with Gasteiger partial charge in [0.2, 0.25) is 11.8 Å². The van der Waals surface area contributed by atoms with Crippen molar-refractivity contribution in [1.29, 1.82) is 0 Å². The minimum absolute atomic E-state index is 0.0750. The fourth-order valence-corrected chi connectivity index (χ4v) is 3.10. The third-order valence-corrected chi connectivity index (χ3v) is 4.92. The Morgan fingerprint density at radius 1 is 0.966 bits per heavy atom. The first kappa shape index (κ1) is 22.9. The number of nitrogens with one attached hydrogen (secondary N) is 2. The molecular formula is C22H28ClN3O3. The molecule has 0 heterocycles. The lowest BCUT2D eigenvalue weighted by molar-refractivity contribution is -0.120. The molecule has 0 atom stereocenters. The fourth-order valence-electron chi connectivity index (χ4n) is 2.87. The number of nitrogens with zero attached hydrogens (tertiary/aromatic N) is 1. The van der Waals surface area contributed by atoms with Crippen LogP contribution in [0.3, 0.4) is 0 Å². The van der Waals surface area contributed by atoms with E-state index in [0.29, 0.717) is 23.9 Å². The maximum absolute atomic E-state index is 12.5. The monoisotopic (exact) mass is 417 g/mol. The van der Waals surface area contributed by atoms with E-state index in [4.69, 9.17) is 16.3 Å². The normalized spacial score (nSPS) is 10.8. The molecular weight excluding hydrogens is 390 g/mol. The topological polar surface area (TPSA) is 70.7 Å². The zero-order valence-electron chi connectivity index (χ0n) is 17.3. The van der Waals surface area contributed by atoms with Crippen molar-refractivity contribution in [3.8, 4) is 0 Å². The number of anilines is 2. The van der Waals surface area contributed by atoms with Gasteiger partial charge < -0.3 is 15.4 Å². The molecule has 0 aliphatic heterocycles. The number of carbonyl (C=O) groups is 2. The number of ether oxygens (including phenoxy) is 1. The molecule has 2 aromatic carbocycles. The molecule has 0 saturated heterocycles. The smallest absolute Gasteiger partial charge is 0.238 e. The molecule has 6 nitrogen and oxygen atoms in total. The molecule has 2 N–H and O–H groups in total. The second kappa shape index (κ2) is 11.0. The summed E-state index contributed by atoms with van der Waals surface area (Å²) >= 11 is 5.96. The van der Waals surface area contributed by atoms with Gasteiger partial charge in [0.25, 0.3) is 0 Å². The summed E-state index contributed by atoms with van der Waals surface area (Å²) in [6.45, 7) is 6.89. The molecule has 0 radical (unpaired) electrons. The number of amides is 2. The SMILES string of the molecule is COCCN(CC(=O)Nc1ccc(Cl)cc1C)CC(=O)Nc1cccc(C)c1C. The molecule has 2 aromatic rings. The molecule has 2 amide bonds. The summed E-state index contributed by atoms with van der Waals surface area (Å²) < 4.78 is 5.12. The molecule has 0 saturated carbocycles. The van der Waals surface area contributed by atoms with Crippen LogP contribution in [0.1, 0.15) is 16.7 Å². The van der Waals surface area contributed by atoms with Crippen LogP contribution in [0.4, 0.5) is 11.4 Å². The molecule has 2 rings (SSSR count). The number of carbonyl (C=O) groups excluding carboxylic acids is 2. The second-order valence-electron chi connectivity index (χ2n) is 7.01. The number of benzene rings is 2. The predicted molar refractivity (Wildman–Crippen MR) is 118 cm³/mol. The van der Waals surface area contributed by atoms with E-state index in [2.05, 4.69) is 10.6 Å². The minimum atomic E-state index is -0.203. The predicted octanol–water partition coefficient (Wildman–Crippen LogP) is 3.79. The first-order valence-electron chi connectivity index (χ1n) is 9.43. The number of rotatable bonds is 9. The van der Waals surface area contributed by atoms with Crippen LogP contribution in [0.2, 0.25) is 5.02 Å². The van der Waals surface area contributed by atoms with Gasteiger partial charge in [0.1, 0.15) is 0 Å². The van der Waals surface area contributed by atoms with Gasteiger partial charge in [-0.3, -0.25) is 14.5 Å². The highest BCUT2D eigenvalue weighted by Gasteiger charge is 2.16. The maximum atomic E-state index is 12.5. The van der Waals surface area contributed by atoms with E-state index in [1.165, 1.54) is 0 Å². The number of hydrogen-bond acceptors (Lipinski definition) is 4. The van der Waals surface area contributed by atoms with Crippen molar-refractivity contribution in [1.82, 2.24) is 4.90 Å². The highest BCUT2D eigenvalue weighted by molar-refractivity contribution is 6.30. The standard InChI is InChI=1S/C22H28ClN3O3/c1-15-6-5-7-20(17(15)3)25-22(28)14-26(10-11-29-4)13-21(27)24-19-9-8-18(23)12-16(19)2/h5-9,12H,10-11,13-14H2,1-4H3,(H,24,27)(H,25,28). The highest BCUT2D eigenvalue weighted by atomic mass is 35.5. The Hall–Kier alpha value is -2.41. The molecule has 29 heavy (non-hydrogen) atoms. The van der Waals surface area contributed by atoms with Crippen LogP contribution in [0.5, 0.6) is 0 Å². The quantitative estimate of drug-likeness (QED) is 0.651. The number of methoxy groups -OCH3 is 1. The number of hydrogen-bond donors (Lipinski definition) is 2. The Morgan fingerprint density at radius 3 is 2.24 bits per heavy atom. The lowest BCUT2D eigenvalue weighted by atomic mass is 10.1. The van der Waals surface area contributed by atoms with Crippen LogP contribution in [0.15, 0.2) is 36.4 Å². The van der Waals surface area contributed by atoms with Crippen LogP contribution in [-0.4, -0.2) is 50.1 Å². The van der Waals surface area contributed by atoms with Gasteiger partial charge in [-0.15, -0.1) is 0 Å². The van der Waals surface area contributed by atoms with Crippen LogP contribution >= 0.6 is 11.6 Å². The fraction of sp³-hybridized carbons (Fsp3) is 0.364. The van der Waals surface area contributed by atoms with E-state index in [-0.39, 0.29) is 24.9 Å². The number of halogens is 1. The van der Waals surface area contributed by atoms with Gasteiger partial charge in [-0.05, 0) is 61.7 Å². The Kier molecular flexibility index (Phi) is 8.64. The van der Waals surface area contributed by atoms with Crippen molar-refractivity contribution in [2.75, 3.05) is 44.0 Å². The summed E-state index contributed by atoms with van der Waals surface area (Å²) in [5.74, 6) is -0.378. The summed E-state index contributed by atoms with van der Waals surface area (Å²) in [7, 11) is 1.59.